The minimum absolute atomic E-state index is 0.0592. The molecule has 2 rings (SSSR count). The van der Waals surface area contributed by atoms with Crippen LogP contribution in [0.1, 0.15) is 49.5 Å². The third-order valence-electron chi connectivity index (χ3n) is 3.15. The number of aldehydes is 1. The molecule has 94 valence electrons. The zero-order valence-electron chi connectivity index (χ0n) is 11.0. The predicted octanol–water partition coefficient (Wildman–Crippen LogP) is 3.10. The topological polar surface area (TPSA) is 33.2 Å². The number of thiazole rings is 1. The highest BCUT2D eigenvalue weighted by molar-refractivity contribution is 7.17. The third kappa shape index (κ3) is 2.51. The molecule has 0 amide bonds. The van der Waals surface area contributed by atoms with Gasteiger partial charge < -0.3 is 4.90 Å². The number of anilines is 1. The number of carbonyl (C=O) groups is 1. The van der Waals surface area contributed by atoms with Crippen molar-refractivity contribution in [3.8, 4) is 0 Å². The lowest BCUT2D eigenvalue weighted by atomic mass is 9.91. The van der Waals surface area contributed by atoms with E-state index in [9.17, 15) is 4.79 Å². The van der Waals surface area contributed by atoms with Gasteiger partial charge in [0.05, 0.1) is 10.6 Å². The lowest BCUT2D eigenvalue weighted by Gasteiger charge is -2.17. The molecule has 1 aliphatic rings. The SMILES string of the molecule is CC1CCN(c2nc(C(C)(C)C)c(C=O)s2)C1. The second kappa shape index (κ2) is 4.41. The van der Waals surface area contributed by atoms with Crippen molar-refractivity contribution in [2.45, 2.75) is 39.5 Å². The van der Waals surface area contributed by atoms with Crippen LogP contribution in [0, 0.1) is 5.92 Å². The molecule has 1 unspecified atom stereocenters. The Morgan fingerprint density at radius 3 is 2.59 bits per heavy atom. The van der Waals surface area contributed by atoms with E-state index in [1.807, 2.05) is 0 Å². The maximum atomic E-state index is 11.1. The fraction of sp³-hybridized carbons (Fsp3) is 0.692. The third-order valence-corrected chi connectivity index (χ3v) is 4.20. The molecule has 1 fully saturated rings. The first-order valence-corrected chi connectivity index (χ1v) is 6.95. The van der Waals surface area contributed by atoms with E-state index >= 15 is 0 Å². The van der Waals surface area contributed by atoms with Crippen LogP contribution >= 0.6 is 11.3 Å². The molecule has 0 spiro atoms. The number of hydrogen-bond donors (Lipinski definition) is 0. The average Bonchev–Trinajstić information content (AvgIpc) is 2.81. The molecule has 1 atom stereocenters. The number of aromatic nitrogens is 1. The van der Waals surface area contributed by atoms with Gasteiger partial charge >= 0.3 is 0 Å². The summed E-state index contributed by atoms with van der Waals surface area (Å²) in [5.74, 6) is 0.733. The van der Waals surface area contributed by atoms with E-state index in [1.54, 1.807) is 0 Å². The van der Waals surface area contributed by atoms with Crippen molar-refractivity contribution in [2.75, 3.05) is 18.0 Å². The molecule has 1 aromatic rings. The molecule has 0 aliphatic carbocycles. The quantitative estimate of drug-likeness (QED) is 0.758. The Hall–Kier alpha value is -0.900. The maximum Gasteiger partial charge on any atom is 0.186 e. The van der Waals surface area contributed by atoms with Gasteiger partial charge in [-0.2, -0.15) is 0 Å². The van der Waals surface area contributed by atoms with Crippen molar-refractivity contribution in [1.82, 2.24) is 4.98 Å². The molecule has 0 saturated carbocycles. The van der Waals surface area contributed by atoms with E-state index in [0.717, 1.165) is 41.0 Å². The van der Waals surface area contributed by atoms with E-state index in [1.165, 1.54) is 17.8 Å². The summed E-state index contributed by atoms with van der Waals surface area (Å²) in [7, 11) is 0. The molecule has 0 radical (unpaired) electrons. The number of nitrogens with zero attached hydrogens (tertiary/aromatic N) is 2. The number of hydrogen-bond acceptors (Lipinski definition) is 4. The lowest BCUT2D eigenvalue weighted by molar-refractivity contribution is 0.112. The Bertz CT molecular complexity index is 420. The Kier molecular flexibility index (Phi) is 3.25. The Balaban J connectivity index is 2.31. The molecule has 0 N–H and O–H groups in total. The summed E-state index contributed by atoms with van der Waals surface area (Å²) in [5.41, 5.74) is 0.878. The van der Waals surface area contributed by atoms with Gasteiger partial charge in [-0.15, -0.1) is 0 Å². The fourth-order valence-corrected chi connectivity index (χ4v) is 3.31. The van der Waals surface area contributed by atoms with Crippen LogP contribution in [0.4, 0.5) is 5.13 Å². The minimum atomic E-state index is -0.0592. The molecule has 17 heavy (non-hydrogen) atoms. The summed E-state index contributed by atoms with van der Waals surface area (Å²) >= 11 is 1.53. The molecule has 1 aromatic heterocycles. The minimum Gasteiger partial charge on any atom is -0.348 e. The summed E-state index contributed by atoms with van der Waals surface area (Å²) in [5, 5.41) is 1.02. The van der Waals surface area contributed by atoms with Crippen LogP contribution in [0.3, 0.4) is 0 Å². The van der Waals surface area contributed by atoms with Gasteiger partial charge in [-0.05, 0) is 12.3 Å². The first-order chi connectivity index (χ1) is 7.91. The van der Waals surface area contributed by atoms with Gasteiger partial charge in [-0.25, -0.2) is 4.98 Å². The number of carbonyl (C=O) groups excluding carboxylic acids is 1. The van der Waals surface area contributed by atoms with Crippen LogP contribution < -0.4 is 4.90 Å². The normalized spacial score (nSPS) is 20.9. The van der Waals surface area contributed by atoms with Crippen LogP contribution in [-0.4, -0.2) is 24.4 Å². The van der Waals surface area contributed by atoms with E-state index in [0.29, 0.717) is 0 Å². The van der Waals surface area contributed by atoms with Crippen LogP contribution in [0.2, 0.25) is 0 Å². The molecular weight excluding hydrogens is 232 g/mol. The second-order valence-corrected chi connectivity index (χ2v) is 6.93. The van der Waals surface area contributed by atoms with Gasteiger partial charge in [0.2, 0.25) is 0 Å². The van der Waals surface area contributed by atoms with E-state index in [2.05, 4.69) is 37.6 Å². The molecule has 0 aromatic carbocycles. The van der Waals surface area contributed by atoms with Gasteiger partial charge in [0, 0.05) is 18.5 Å². The molecule has 1 saturated heterocycles. The molecule has 1 aliphatic heterocycles. The van der Waals surface area contributed by atoms with Gasteiger partial charge in [-0.3, -0.25) is 4.79 Å². The standard InChI is InChI=1S/C13H20N2OS/c1-9-5-6-15(7-9)12-14-11(13(2,3)4)10(8-16)17-12/h8-9H,5-7H2,1-4H3. The molecule has 2 heterocycles. The summed E-state index contributed by atoms with van der Waals surface area (Å²) in [6.45, 7) is 10.7. The van der Waals surface area contributed by atoms with Gasteiger partial charge in [-0.1, -0.05) is 39.0 Å². The van der Waals surface area contributed by atoms with E-state index in [-0.39, 0.29) is 5.41 Å². The summed E-state index contributed by atoms with van der Waals surface area (Å²) in [6, 6.07) is 0. The monoisotopic (exact) mass is 252 g/mol. The van der Waals surface area contributed by atoms with Gasteiger partial charge in [0.25, 0.3) is 0 Å². The summed E-state index contributed by atoms with van der Waals surface area (Å²) in [6.07, 6.45) is 2.17. The Morgan fingerprint density at radius 2 is 2.18 bits per heavy atom. The smallest absolute Gasteiger partial charge is 0.186 e. The van der Waals surface area contributed by atoms with Crippen molar-refractivity contribution >= 4 is 22.8 Å². The first kappa shape index (κ1) is 12.6. The Labute approximate surface area is 107 Å². The largest absolute Gasteiger partial charge is 0.348 e. The van der Waals surface area contributed by atoms with Crippen molar-refractivity contribution in [2.24, 2.45) is 5.92 Å². The summed E-state index contributed by atoms with van der Waals surface area (Å²) < 4.78 is 0. The van der Waals surface area contributed by atoms with Crippen LogP contribution in [-0.2, 0) is 5.41 Å². The first-order valence-electron chi connectivity index (χ1n) is 6.13. The summed E-state index contributed by atoms with van der Waals surface area (Å²) in [4.78, 5) is 18.9. The van der Waals surface area contributed by atoms with Crippen molar-refractivity contribution in [3.63, 3.8) is 0 Å². The van der Waals surface area contributed by atoms with Gasteiger partial charge in [0.1, 0.15) is 0 Å². The highest BCUT2D eigenvalue weighted by Crippen LogP contribution is 2.34. The van der Waals surface area contributed by atoms with Gasteiger partial charge in [0.15, 0.2) is 11.4 Å². The molecular formula is C13H20N2OS. The molecule has 4 heteroatoms. The molecule has 3 nitrogen and oxygen atoms in total. The zero-order valence-corrected chi connectivity index (χ0v) is 11.8. The zero-order chi connectivity index (χ0) is 12.6. The predicted molar refractivity (Wildman–Crippen MR) is 72.2 cm³/mol. The molecule has 0 bridgehead atoms. The van der Waals surface area contributed by atoms with Crippen LogP contribution in [0.5, 0.6) is 0 Å². The lowest BCUT2D eigenvalue weighted by Crippen LogP contribution is -2.20. The average molecular weight is 252 g/mol. The van der Waals surface area contributed by atoms with E-state index < -0.39 is 0 Å². The van der Waals surface area contributed by atoms with Crippen molar-refractivity contribution in [3.05, 3.63) is 10.6 Å². The highest BCUT2D eigenvalue weighted by Gasteiger charge is 2.27. The highest BCUT2D eigenvalue weighted by atomic mass is 32.1. The van der Waals surface area contributed by atoms with Crippen molar-refractivity contribution in [1.29, 1.82) is 0 Å². The van der Waals surface area contributed by atoms with Crippen molar-refractivity contribution < 1.29 is 4.79 Å². The van der Waals surface area contributed by atoms with Crippen LogP contribution in [0.15, 0.2) is 0 Å². The Morgan fingerprint density at radius 1 is 1.47 bits per heavy atom. The maximum absolute atomic E-state index is 11.1. The fourth-order valence-electron chi connectivity index (χ4n) is 2.18. The number of rotatable bonds is 2. The van der Waals surface area contributed by atoms with Crippen LogP contribution in [0.25, 0.3) is 0 Å². The second-order valence-electron chi connectivity index (χ2n) is 5.92. The van der Waals surface area contributed by atoms with E-state index in [4.69, 9.17) is 0 Å².